The minimum atomic E-state index is -0.789. The van der Waals surface area contributed by atoms with Gasteiger partial charge in [0.25, 0.3) is 0 Å². The van der Waals surface area contributed by atoms with Crippen LogP contribution in [0.5, 0.6) is 0 Å². The van der Waals surface area contributed by atoms with E-state index in [1.54, 1.807) is 25.2 Å². The Balaban J connectivity index is 0.00000341. The van der Waals surface area contributed by atoms with Gasteiger partial charge >= 0.3 is 5.97 Å². The Labute approximate surface area is 185 Å². The number of halogens is 1. The fraction of sp³-hybridized carbons (Fsp3) is 0.238. The molecule has 2 aromatic carbocycles. The number of benzene rings is 2. The zero-order valence-electron chi connectivity index (χ0n) is 17.3. The highest BCUT2D eigenvalue weighted by atomic mass is 35.5. The molecule has 0 aliphatic heterocycles. The van der Waals surface area contributed by atoms with E-state index < -0.39 is 12.0 Å². The first-order valence-electron chi connectivity index (χ1n) is 9.26. The van der Waals surface area contributed by atoms with Gasteiger partial charge in [-0.25, -0.2) is 9.78 Å². The third-order valence-corrected chi connectivity index (χ3v) is 4.69. The molecule has 1 aromatic heterocycles. The van der Waals surface area contributed by atoms with Gasteiger partial charge < -0.3 is 25.7 Å². The summed E-state index contributed by atoms with van der Waals surface area (Å²) in [6, 6.07) is 11.6. The number of anilines is 2. The summed E-state index contributed by atoms with van der Waals surface area (Å²) in [6.45, 7) is 1.48. The summed E-state index contributed by atoms with van der Waals surface area (Å²) >= 11 is 0. The number of carbonyl (C=O) groups is 3. The van der Waals surface area contributed by atoms with Crippen molar-refractivity contribution in [3.05, 3.63) is 53.9 Å². The van der Waals surface area contributed by atoms with Gasteiger partial charge in [-0.3, -0.25) is 9.59 Å². The topological polar surface area (TPSA) is 130 Å². The fourth-order valence-corrected chi connectivity index (χ4v) is 2.93. The lowest BCUT2D eigenvalue weighted by Crippen LogP contribution is -2.37. The highest BCUT2D eigenvalue weighted by Gasteiger charge is 2.17. The molecule has 1 atom stereocenters. The first-order valence-corrected chi connectivity index (χ1v) is 9.26. The molecule has 0 radical (unpaired) electrons. The summed E-state index contributed by atoms with van der Waals surface area (Å²) in [7, 11) is 2.96. The van der Waals surface area contributed by atoms with Gasteiger partial charge in [0.05, 0.1) is 24.2 Å². The van der Waals surface area contributed by atoms with Crippen molar-refractivity contribution in [1.29, 1.82) is 0 Å². The quantitative estimate of drug-likeness (QED) is 0.499. The van der Waals surface area contributed by atoms with Crippen molar-refractivity contribution in [3.8, 4) is 0 Å². The molecule has 0 spiro atoms. The number of fused-ring (bicyclic) bond motifs is 1. The Morgan fingerprint density at radius 1 is 1.23 bits per heavy atom. The van der Waals surface area contributed by atoms with E-state index in [4.69, 9.17) is 5.73 Å². The minimum absolute atomic E-state index is 0. The van der Waals surface area contributed by atoms with Gasteiger partial charge in [0.1, 0.15) is 0 Å². The van der Waals surface area contributed by atoms with Crippen molar-refractivity contribution < 1.29 is 19.1 Å². The molecule has 0 saturated heterocycles. The zero-order valence-corrected chi connectivity index (χ0v) is 18.2. The molecule has 3 aromatic rings. The van der Waals surface area contributed by atoms with Crippen LogP contribution in [-0.4, -0.2) is 48.0 Å². The van der Waals surface area contributed by atoms with E-state index >= 15 is 0 Å². The van der Waals surface area contributed by atoms with Crippen LogP contribution in [0.25, 0.3) is 11.0 Å². The Hall–Kier alpha value is -3.43. The molecule has 31 heavy (non-hydrogen) atoms. The standard InChI is InChI=1S/C21H23N5O4.ClH/c1-12(27)26(2)15-6-4-5-13(9-15)10-16(22)20(28)23-14-7-8-17-18(11-14)25-19(24-17)21(29)30-3;/h4-9,11,16H,10,22H2,1-3H3,(H,23,28)(H,24,25);1H/t16-;/m0./s1. The number of esters is 1. The number of aromatic nitrogens is 2. The molecule has 0 aliphatic carbocycles. The molecular weight excluding hydrogens is 422 g/mol. The molecule has 0 fully saturated rings. The molecule has 164 valence electrons. The lowest BCUT2D eigenvalue weighted by Gasteiger charge is -2.17. The Morgan fingerprint density at radius 2 is 1.97 bits per heavy atom. The van der Waals surface area contributed by atoms with Gasteiger partial charge in [0, 0.05) is 25.3 Å². The molecule has 1 heterocycles. The molecular formula is C21H24ClN5O4. The number of nitrogens with zero attached hydrogens (tertiary/aromatic N) is 2. The van der Waals surface area contributed by atoms with E-state index in [0.717, 1.165) is 11.3 Å². The summed E-state index contributed by atoms with van der Waals surface area (Å²) in [5.41, 5.74) is 9.33. The third kappa shape index (κ3) is 5.59. The van der Waals surface area contributed by atoms with Gasteiger partial charge in [-0.1, -0.05) is 12.1 Å². The van der Waals surface area contributed by atoms with Crippen LogP contribution in [0.2, 0.25) is 0 Å². The smallest absolute Gasteiger partial charge is 0.374 e. The van der Waals surface area contributed by atoms with E-state index in [0.29, 0.717) is 23.1 Å². The monoisotopic (exact) mass is 445 g/mol. The maximum absolute atomic E-state index is 12.5. The number of methoxy groups -OCH3 is 1. The molecule has 9 nitrogen and oxygen atoms in total. The van der Waals surface area contributed by atoms with Gasteiger partial charge in [0.2, 0.25) is 17.6 Å². The summed E-state index contributed by atoms with van der Waals surface area (Å²) in [5.74, 6) is -0.929. The first-order chi connectivity index (χ1) is 14.3. The van der Waals surface area contributed by atoms with Crippen LogP contribution >= 0.6 is 12.4 Å². The Bertz CT molecular complexity index is 1110. The number of aromatic amines is 1. The second-order valence-corrected chi connectivity index (χ2v) is 6.86. The molecule has 0 aliphatic rings. The molecule has 4 N–H and O–H groups in total. The molecule has 0 saturated carbocycles. The molecule has 3 rings (SSSR count). The third-order valence-electron chi connectivity index (χ3n) is 4.69. The Kier molecular flexibility index (Phi) is 7.73. The van der Waals surface area contributed by atoms with E-state index in [9.17, 15) is 14.4 Å². The van der Waals surface area contributed by atoms with E-state index in [-0.39, 0.29) is 30.0 Å². The van der Waals surface area contributed by atoms with Crippen molar-refractivity contribution in [2.45, 2.75) is 19.4 Å². The maximum Gasteiger partial charge on any atom is 0.374 e. The number of nitrogens with two attached hydrogens (primary N) is 1. The van der Waals surface area contributed by atoms with Crippen LogP contribution in [0, 0.1) is 0 Å². The summed E-state index contributed by atoms with van der Waals surface area (Å²) < 4.78 is 4.64. The normalized spacial score (nSPS) is 11.4. The summed E-state index contributed by atoms with van der Waals surface area (Å²) in [6.07, 6.45) is 0.308. The fourth-order valence-electron chi connectivity index (χ4n) is 2.93. The van der Waals surface area contributed by atoms with Crippen LogP contribution in [-0.2, 0) is 20.7 Å². The highest BCUT2D eigenvalue weighted by molar-refractivity contribution is 5.97. The predicted octanol–water partition coefficient (Wildman–Crippen LogP) is 2.26. The SMILES string of the molecule is COC(=O)c1nc2cc(NC(=O)[C@@H](N)Cc3cccc(N(C)C(C)=O)c3)ccc2[nH]1.Cl. The number of imidazole rings is 1. The number of ether oxygens (including phenoxy) is 1. The van der Waals surface area contributed by atoms with Crippen molar-refractivity contribution in [1.82, 2.24) is 9.97 Å². The summed E-state index contributed by atoms with van der Waals surface area (Å²) in [4.78, 5) is 44.2. The number of carbonyl (C=O) groups excluding carboxylic acids is 3. The second kappa shape index (κ2) is 10.1. The lowest BCUT2D eigenvalue weighted by molar-refractivity contribution is -0.117. The molecule has 0 bridgehead atoms. The van der Waals surface area contributed by atoms with Crippen molar-refractivity contribution in [2.24, 2.45) is 5.73 Å². The number of amides is 2. The molecule has 2 amide bonds. The van der Waals surface area contributed by atoms with Crippen LogP contribution in [0.15, 0.2) is 42.5 Å². The Morgan fingerprint density at radius 3 is 2.65 bits per heavy atom. The van der Waals surface area contributed by atoms with E-state index in [1.165, 1.54) is 18.9 Å². The number of hydrogen-bond acceptors (Lipinski definition) is 6. The molecule has 0 unspecified atom stereocenters. The average molecular weight is 446 g/mol. The van der Waals surface area contributed by atoms with E-state index in [2.05, 4.69) is 20.0 Å². The van der Waals surface area contributed by atoms with Crippen LogP contribution in [0.3, 0.4) is 0 Å². The van der Waals surface area contributed by atoms with Crippen LogP contribution in [0.1, 0.15) is 23.1 Å². The number of H-pyrrole nitrogens is 1. The first kappa shape index (κ1) is 23.8. The van der Waals surface area contributed by atoms with Crippen LogP contribution < -0.4 is 16.0 Å². The lowest BCUT2D eigenvalue weighted by atomic mass is 10.0. The number of rotatable bonds is 6. The van der Waals surface area contributed by atoms with Crippen LogP contribution in [0.4, 0.5) is 11.4 Å². The average Bonchev–Trinajstić information content (AvgIpc) is 3.16. The van der Waals surface area contributed by atoms with Gasteiger partial charge in [-0.2, -0.15) is 0 Å². The highest BCUT2D eigenvalue weighted by Crippen LogP contribution is 2.19. The van der Waals surface area contributed by atoms with Crippen molar-refractivity contribution >= 4 is 52.6 Å². The second-order valence-electron chi connectivity index (χ2n) is 6.86. The van der Waals surface area contributed by atoms with E-state index in [1.807, 2.05) is 24.3 Å². The summed E-state index contributed by atoms with van der Waals surface area (Å²) in [5, 5.41) is 2.76. The largest absolute Gasteiger partial charge is 0.463 e. The van der Waals surface area contributed by atoms with Gasteiger partial charge in [-0.15, -0.1) is 12.4 Å². The van der Waals surface area contributed by atoms with Crippen molar-refractivity contribution in [3.63, 3.8) is 0 Å². The van der Waals surface area contributed by atoms with Crippen molar-refractivity contribution in [2.75, 3.05) is 24.4 Å². The maximum atomic E-state index is 12.5. The van der Waals surface area contributed by atoms with Gasteiger partial charge in [0.15, 0.2) is 0 Å². The molecule has 10 heteroatoms. The zero-order chi connectivity index (χ0) is 21.8. The predicted molar refractivity (Wildman–Crippen MR) is 121 cm³/mol. The minimum Gasteiger partial charge on any atom is -0.463 e. The number of nitrogens with one attached hydrogen (secondary N) is 2. The van der Waals surface area contributed by atoms with Gasteiger partial charge in [-0.05, 0) is 42.3 Å². The number of hydrogen-bond donors (Lipinski definition) is 3.